The zero-order chi connectivity index (χ0) is 15.1. The maximum atomic E-state index is 4.60. The molecule has 5 nitrogen and oxygen atoms in total. The number of imidazole rings is 1. The van der Waals surface area contributed by atoms with Gasteiger partial charge in [0.25, 0.3) is 0 Å². The van der Waals surface area contributed by atoms with Crippen molar-refractivity contribution in [2.45, 2.75) is 26.2 Å². The quantitative estimate of drug-likeness (QED) is 0.758. The predicted molar refractivity (Wildman–Crippen MR) is 88.6 cm³/mol. The lowest BCUT2D eigenvalue weighted by Gasteiger charge is -2.10. The second kappa shape index (κ2) is 7.78. The fourth-order valence-electron chi connectivity index (χ4n) is 2.03. The number of unbranched alkanes of at least 4 members (excludes halogenated alkanes) is 2. The molecule has 0 fully saturated rings. The van der Waals surface area contributed by atoms with E-state index < -0.39 is 0 Å². The van der Waals surface area contributed by atoms with Crippen LogP contribution in [0.25, 0.3) is 11.7 Å². The van der Waals surface area contributed by atoms with Crippen LogP contribution in [0.5, 0.6) is 0 Å². The molecule has 5 heteroatoms. The number of nitrogens with zero attached hydrogens (tertiary/aromatic N) is 4. The minimum atomic E-state index is 0.877. The van der Waals surface area contributed by atoms with Gasteiger partial charge in [-0.3, -0.25) is 0 Å². The van der Waals surface area contributed by atoms with Gasteiger partial charge in [0.05, 0.1) is 11.9 Å². The number of hydrogen-bond donors (Lipinski definition) is 1. The van der Waals surface area contributed by atoms with Crippen LogP contribution in [0.2, 0.25) is 0 Å². The lowest BCUT2D eigenvalue weighted by Crippen LogP contribution is -2.21. The summed E-state index contributed by atoms with van der Waals surface area (Å²) in [7, 11) is 4.13. The summed E-state index contributed by atoms with van der Waals surface area (Å²) in [5.41, 5.74) is 1.90. The third kappa shape index (κ3) is 4.56. The Morgan fingerprint density at radius 2 is 2.19 bits per heavy atom. The van der Waals surface area contributed by atoms with Gasteiger partial charge in [0, 0.05) is 13.1 Å². The number of nitrogens with one attached hydrogen (secondary N) is 1. The van der Waals surface area contributed by atoms with Gasteiger partial charge in [-0.1, -0.05) is 25.8 Å². The Hall–Kier alpha value is -1.88. The zero-order valence-electron chi connectivity index (χ0n) is 13.2. The van der Waals surface area contributed by atoms with Crippen molar-refractivity contribution in [1.29, 1.82) is 0 Å². The van der Waals surface area contributed by atoms with E-state index in [1.165, 1.54) is 12.8 Å². The van der Waals surface area contributed by atoms with Crippen molar-refractivity contribution in [3.05, 3.63) is 30.1 Å². The Kier molecular flexibility index (Phi) is 5.75. The maximum Gasteiger partial charge on any atom is 0.154 e. The third-order valence-electron chi connectivity index (χ3n) is 3.27. The molecule has 0 aliphatic carbocycles. The van der Waals surface area contributed by atoms with E-state index in [0.717, 1.165) is 36.7 Å². The molecule has 2 rings (SSSR count). The Balaban J connectivity index is 2.07. The van der Waals surface area contributed by atoms with Gasteiger partial charge in [-0.2, -0.15) is 0 Å². The number of aromatic nitrogens is 3. The van der Waals surface area contributed by atoms with Gasteiger partial charge in [0.2, 0.25) is 0 Å². The first-order valence-electron chi connectivity index (χ1n) is 7.60. The van der Waals surface area contributed by atoms with Gasteiger partial charge in [0.1, 0.15) is 5.82 Å². The third-order valence-corrected chi connectivity index (χ3v) is 3.27. The van der Waals surface area contributed by atoms with Crippen LogP contribution >= 0.6 is 0 Å². The number of anilines is 1. The van der Waals surface area contributed by atoms with Crippen LogP contribution in [0, 0.1) is 0 Å². The largest absolute Gasteiger partial charge is 0.367 e. The lowest BCUT2D eigenvalue weighted by atomic mass is 10.2. The van der Waals surface area contributed by atoms with E-state index in [1.807, 2.05) is 22.8 Å². The smallest absolute Gasteiger partial charge is 0.154 e. The van der Waals surface area contributed by atoms with E-state index in [2.05, 4.69) is 53.5 Å². The summed E-state index contributed by atoms with van der Waals surface area (Å²) in [4.78, 5) is 6.52. The summed E-state index contributed by atoms with van der Waals surface area (Å²) in [6.07, 6.45) is 9.71. The number of rotatable bonds is 8. The average molecular weight is 287 g/mol. The minimum Gasteiger partial charge on any atom is -0.367 e. The van der Waals surface area contributed by atoms with Crippen molar-refractivity contribution < 1.29 is 0 Å². The molecule has 21 heavy (non-hydrogen) atoms. The van der Waals surface area contributed by atoms with Gasteiger partial charge < -0.3 is 10.2 Å². The molecule has 1 N–H and O–H groups in total. The standard InChI is InChI=1S/C16H25N5/c1-4-5-6-7-8-14-13-18-16-10-9-15(19-21(14)16)17-11-12-20(2)3/h7-10,13H,4-6,11-12H2,1-3H3,(H,17,19). The minimum absolute atomic E-state index is 0.877. The molecule has 2 heterocycles. The highest BCUT2D eigenvalue weighted by atomic mass is 15.3. The SMILES string of the molecule is CCCCC=Cc1cnc2ccc(NCCN(C)C)nn12. The first-order chi connectivity index (χ1) is 10.2. The van der Waals surface area contributed by atoms with Crippen LogP contribution in [0.15, 0.2) is 24.4 Å². The van der Waals surface area contributed by atoms with Crippen LogP contribution in [-0.2, 0) is 0 Å². The zero-order valence-corrected chi connectivity index (χ0v) is 13.2. The van der Waals surface area contributed by atoms with Gasteiger partial charge in [-0.15, -0.1) is 5.10 Å². The lowest BCUT2D eigenvalue weighted by molar-refractivity contribution is 0.425. The van der Waals surface area contributed by atoms with Crippen molar-refractivity contribution in [3.63, 3.8) is 0 Å². The van der Waals surface area contributed by atoms with Crippen LogP contribution in [-0.4, -0.2) is 46.7 Å². The highest BCUT2D eigenvalue weighted by Crippen LogP contribution is 2.11. The molecule has 0 bridgehead atoms. The fraction of sp³-hybridized carbons (Fsp3) is 0.500. The van der Waals surface area contributed by atoms with E-state index in [9.17, 15) is 0 Å². The molecule has 0 aromatic carbocycles. The second-order valence-corrected chi connectivity index (χ2v) is 5.45. The Labute approximate surface area is 126 Å². The molecule has 0 saturated heterocycles. The maximum absolute atomic E-state index is 4.60. The van der Waals surface area contributed by atoms with Gasteiger partial charge in [-0.05, 0) is 38.7 Å². The number of fused-ring (bicyclic) bond motifs is 1. The molecule has 0 atom stereocenters. The Morgan fingerprint density at radius 1 is 1.33 bits per heavy atom. The molecule has 0 radical (unpaired) electrons. The normalized spacial score (nSPS) is 11.8. The highest BCUT2D eigenvalue weighted by Gasteiger charge is 2.03. The first kappa shape index (κ1) is 15.5. The van der Waals surface area contributed by atoms with E-state index >= 15 is 0 Å². The van der Waals surface area contributed by atoms with Crippen LogP contribution in [0.1, 0.15) is 31.9 Å². The number of allylic oxidation sites excluding steroid dienone is 1. The molecular formula is C16H25N5. The topological polar surface area (TPSA) is 45.5 Å². The molecule has 0 aliphatic rings. The van der Waals surface area contributed by atoms with Crippen LogP contribution in [0.4, 0.5) is 5.82 Å². The van der Waals surface area contributed by atoms with Gasteiger partial charge in [0.15, 0.2) is 5.65 Å². The highest BCUT2D eigenvalue weighted by molar-refractivity contribution is 5.53. The molecular weight excluding hydrogens is 262 g/mol. The molecule has 0 aliphatic heterocycles. The molecule has 0 amide bonds. The molecule has 114 valence electrons. The predicted octanol–water partition coefficient (Wildman–Crippen LogP) is 2.91. The molecule has 0 unspecified atom stereocenters. The van der Waals surface area contributed by atoms with Crippen LogP contribution < -0.4 is 5.32 Å². The average Bonchev–Trinajstić information content (AvgIpc) is 2.86. The number of hydrogen-bond acceptors (Lipinski definition) is 4. The summed E-state index contributed by atoms with van der Waals surface area (Å²) >= 11 is 0. The van der Waals surface area contributed by atoms with Crippen molar-refractivity contribution >= 4 is 17.5 Å². The summed E-state index contributed by atoms with van der Waals surface area (Å²) in [6, 6.07) is 3.97. The van der Waals surface area contributed by atoms with E-state index in [1.54, 1.807) is 0 Å². The molecule has 0 saturated carbocycles. The Bertz CT molecular complexity index is 585. The van der Waals surface area contributed by atoms with Gasteiger partial charge >= 0.3 is 0 Å². The van der Waals surface area contributed by atoms with Crippen molar-refractivity contribution in [2.24, 2.45) is 0 Å². The Morgan fingerprint density at radius 3 is 2.95 bits per heavy atom. The first-order valence-corrected chi connectivity index (χ1v) is 7.60. The summed E-state index contributed by atoms with van der Waals surface area (Å²) in [5.74, 6) is 0.880. The summed E-state index contributed by atoms with van der Waals surface area (Å²) in [6.45, 7) is 4.06. The molecule has 0 spiro atoms. The van der Waals surface area contributed by atoms with Crippen molar-refractivity contribution in [3.8, 4) is 0 Å². The second-order valence-electron chi connectivity index (χ2n) is 5.45. The van der Waals surface area contributed by atoms with Crippen molar-refractivity contribution in [1.82, 2.24) is 19.5 Å². The summed E-state index contributed by atoms with van der Waals surface area (Å²) < 4.78 is 1.89. The van der Waals surface area contributed by atoms with Gasteiger partial charge in [-0.25, -0.2) is 9.50 Å². The van der Waals surface area contributed by atoms with E-state index in [4.69, 9.17) is 0 Å². The van der Waals surface area contributed by atoms with Crippen LogP contribution in [0.3, 0.4) is 0 Å². The fourth-order valence-corrected chi connectivity index (χ4v) is 2.03. The monoisotopic (exact) mass is 287 g/mol. The van der Waals surface area contributed by atoms with E-state index in [-0.39, 0.29) is 0 Å². The molecule has 2 aromatic heterocycles. The molecule has 2 aromatic rings. The van der Waals surface area contributed by atoms with Crippen molar-refractivity contribution in [2.75, 3.05) is 32.5 Å². The number of likely N-dealkylation sites (N-methyl/N-ethyl adjacent to an activating group) is 1. The van der Waals surface area contributed by atoms with E-state index in [0.29, 0.717) is 0 Å². The summed E-state index contributed by atoms with van der Waals surface area (Å²) in [5, 5.41) is 7.94.